The van der Waals surface area contributed by atoms with Gasteiger partial charge in [-0.15, -0.1) is 0 Å². The number of carbonyl (C=O) groups is 1. The first kappa shape index (κ1) is 15.2. The predicted molar refractivity (Wildman–Crippen MR) is 86.6 cm³/mol. The van der Waals surface area contributed by atoms with Crippen molar-refractivity contribution in [2.45, 2.75) is 43.8 Å². The molecule has 2 N–H and O–H groups in total. The number of hydrogen-bond donors (Lipinski definition) is 2. The summed E-state index contributed by atoms with van der Waals surface area (Å²) >= 11 is 5.92. The van der Waals surface area contributed by atoms with E-state index >= 15 is 0 Å². The summed E-state index contributed by atoms with van der Waals surface area (Å²) in [5.41, 5.74) is -0.609. The van der Waals surface area contributed by atoms with Crippen LogP contribution in [0.5, 0.6) is 0 Å². The van der Waals surface area contributed by atoms with Gasteiger partial charge < -0.3 is 15.0 Å². The van der Waals surface area contributed by atoms with Gasteiger partial charge in [-0.3, -0.25) is 14.2 Å². The fourth-order valence-electron chi connectivity index (χ4n) is 4.11. The fraction of sp³-hybridized carbons (Fsp3) is 0.467. The van der Waals surface area contributed by atoms with E-state index in [1.807, 2.05) is 0 Å². The first-order chi connectivity index (χ1) is 11.5. The number of hydrogen-bond acceptors (Lipinski definition) is 4. The SMILES string of the molecule is O=C(O)N1C2CCC1CC(n1c(=O)c(=O)[nH]c3cc(Cl)cnc31)C2. The minimum atomic E-state index is -0.922. The molecule has 2 fully saturated rings. The van der Waals surface area contributed by atoms with E-state index in [0.29, 0.717) is 29.0 Å². The minimum Gasteiger partial charge on any atom is -0.465 e. The normalized spacial score (nSPS) is 26.0. The summed E-state index contributed by atoms with van der Waals surface area (Å²) in [6.07, 6.45) is 3.08. The van der Waals surface area contributed by atoms with Gasteiger partial charge in [0.2, 0.25) is 0 Å². The number of H-pyrrole nitrogens is 1. The van der Waals surface area contributed by atoms with Crippen LogP contribution >= 0.6 is 11.6 Å². The van der Waals surface area contributed by atoms with E-state index in [4.69, 9.17) is 11.6 Å². The number of nitrogens with zero attached hydrogens (tertiary/aromatic N) is 3. The molecule has 1 amide bonds. The largest absolute Gasteiger partial charge is 0.465 e. The maximum atomic E-state index is 12.4. The van der Waals surface area contributed by atoms with Gasteiger partial charge in [-0.2, -0.15) is 0 Å². The topological polar surface area (TPSA) is 108 Å². The lowest BCUT2D eigenvalue weighted by Gasteiger charge is -2.37. The van der Waals surface area contributed by atoms with E-state index < -0.39 is 17.2 Å². The third-order valence-electron chi connectivity index (χ3n) is 5.02. The average Bonchev–Trinajstić information content (AvgIpc) is 2.80. The molecule has 126 valence electrons. The Morgan fingerprint density at radius 2 is 1.92 bits per heavy atom. The molecule has 2 aromatic rings. The number of piperidine rings is 1. The number of pyridine rings is 1. The Morgan fingerprint density at radius 1 is 1.25 bits per heavy atom. The van der Waals surface area contributed by atoms with Gasteiger partial charge in [-0.05, 0) is 31.7 Å². The number of aromatic amines is 1. The third-order valence-corrected chi connectivity index (χ3v) is 5.22. The Balaban J connectivity index is 1.83. The summed E-state index contributed by atoms with van der Waals surface area (Å²) in [7, 11) is 0. The van der Waals surface area contributed by atoms with Gasteiger partial charge in [0.25, 0.3) is 0 Å². The second-order valence-corrected chi connectivity index (χ2v) is 6.79. The summed E-state index contributed by atoms with van der Waals surface area (Å²) in [6, 6.07) is 1.06. The first-order valence-electron chi connectivity index (χ1n) is 7.77. The maximum Gasteiger partial charge on any atom is 0.407 e. The number of aromatic nitrogens is 3. The molecule has 2 aliphatic heterocycles. The quantitative estimate of drug-likeness (QED) is 0.759. The smallest absolute Gasteiger partial charge is 0.407 e. The van der Waals surface area contributed by atoms with Gasteiger partial charge >= 0.3 is 17.2 Å². The summed E-state index contributed by atoms with van der Waals surface area (Å²) in [4.78, 5) is 44.0. The van der Waals surface area contributed by atoms with Crippen LogP contribution in [0.3, 0.4) is 0 Å². The number of nitrogens with one attached hydrogen (secondary N) is 1. The number of rotatable bonds is 1. The number of amides is 1. The van der Waals surface area contributed by atoms with Crippen molar-refractivity contribution >= 4 is 28.9 Å². The van der Waals surface area contributed by atoms with Gasteiger partial charge in [0, 0.05) is 24.3 Å². The zero-order valence-electron chi connectivity index (χ0n) is 12.6. The van der Waals surface area contributed by atoms with Crippen molar-refractivity contribution in [1.29, 1.82) is 0 Å². The van der Waals surface area contributed by atoms with Crippen LogP contribution in [0, 0.1) is 0 Å². The highest BCUT2D eigenvalue weighted by Gasteiger charge is 2.44. The molecule has 0 saturated carbocycles. The van der Waals surface area contributed by atoms with E-state index in [-0.39, 0.29) is 18.1 Å². The van der Waals surface area contributed by atoms with Gasteiger partial charge in [-0.1, -0.05) is 11.6 Å². The lowest BCUT2D eigenvalue weighted by molar-refractivity contribution is 0.0869. The van der Waals surface area contributed by atoms with Crippen molar-refractivity contribution in [3.63, 3.8) is 0 Å². The second-order valence-electron chi connectivity index (χ2n) is 6.35. The van der Waals surface area contributed by atoms with Crippen molar-refractivity contribution in [2.24, 2.45) is 0 Å². The molecule has 2 unspecified atom stereocenters. The molecular weight excluding hydrogens is 336 g/mol. The van der Waals surface area contributed by atoms with Crippen LogP contribution in [-0.4, -0.2) is 42.7 Å². The molecule has 2 aromatic heterocycles. The second kappa shape index (κ2) is 5.34. The average molecular weight is 351 g/mol. The van der Waals surface area contributed by atoms with Crippen LogP contribution in [0.1, 0.15) is 31.7 Å². The van der Waals surface area contributed by atoms with Gasteiger partial charge in [0.1, 0.15) is 0 Å². The Kier molecular flexibility index (Phi) is 3.38. The van der Waals surface area contributed by atoms with Crippen molar-refractivity contribution in [3.8, 4) is 0 Å². The summed E-state index contributed by atoms with van der Waals surface area (Å²) < 4.78 is 1.41. The van der Waals surface area contributed by atoms with Crippen molar-refractivity contribution in [1.82, 2.24) is 19.4 Å². The highest BCUT2D eigenvalue weighted by atomic mass is 35.5. The molecule has 0 spiro atoms. The number of fused-ring (bicyclic) bond motifs is 3. The predicted octanol–water partition coefficient (Wildman–Crippen LogP) is 1.58. The van der Waals surface area contributed by atoms with Crippen molar-refractivity contribution in [3.05, 3.63) is 38.0 Å². The van der Waals surface area contributed by atoms with Crippen LogP contribution in [0.25, 0.3) is 11.2 Å². The minimum absolute atomic E-state index is 0.125. The van der Waals surface area contributed by atoms with Gasteiger partial charge in [0.15, 0.2) is 5.65 Å². The Morgan fingerprint density at radius 3 is 2.54 bits per heavy atom. The molecule has 24 heavy (non-hydrogen) atoms. The highest BCUT2D eigenvalue weighted by molar-refractivity contribution is 6.30. The van der Waals surface area contributed by atoms with E-state index in [2.05, 4.69) is 9.97 Å². The molecule has 2 atom stereocenters. The van der Waals surface area contributed by atoms with Crippen LogP contribution < -0.4 is 11.1 Å². The lowest BCUT2D eigenvalue weighted by Crippen LogP contribution is -2.49. The van der Waals surface area contributed by atoms with Crippen LogP contribution in [-0.2, 0) is 0 Å². The molecule has 8 nitrogen and oxygen atoms in total. The monoisotopic (exact) mass is 350 g/mol. The Bertz CT molecular complexity index is 939. The van der Waals surface area contributed by atoms with Crippen LogP contribution in [0.15, 0.2) is 21.9 Å². The zero-order valence-corrected chi connectivity index (χ0v) is 13.4. The number of carboxylic acid groups (broad SMARTS) is 1. The summed E-state index contributed by atoms with van der Waals surface area (Å²) in [6.45, 7) is 0. The Hall–Kier alpha value is -2.35. The van der Waals surface area contributed by atoms with Crippen LogP contribution in [0.4, 0.5) is 4.79 Å². The molecule has 2 bridgehead atoms. The molecule has 2 aliphatic rings. The molecular formula is C15H15ClN4O4. The van der Waals surface area contributed by atoms with Gasteiger partial charge in [0.05, 0.1) is 10.5 Å². The first-order valence-corrected chi connectivity index (χ1v) is 8.15. The lowest BCUT2D eigenvalue weighted by atomic mass is 9.97. The third kappa shape index (κ3) is 2.21. The molecule has 4 rings (SSSR count). The molecule has 0 aliphatic carbocycles. The van der Waals surface area contributed by atoms with Crippen molar-refractivity contribution in [2.75, 3.05) is 0 Å². The van der Waals surface area contributed by atoms with E-state index in [9.17, 15) is 19.5 Å². The van der Waals surface area contributed by atoms with Crippen molar-refractivity contribution < 1.29 is 9.90 Å². The van der Waals surface area contributed by atoms with Crippen LogP contribution in [0.2, 0.25) is 5.02 Å². The van der Waals surface area contributed by atoms with E-state index in [1.54, 1.807) is 6.07 Å². The fourth-order valence-corrected chi connectivity index (χ4v) is 4.27. The number of halogens is 1. The highest BCUT2D eigenvalue weighted by Crippen LogP contribution is 2.40. The zero-order chi connectivity index (χ0) is 17.0. The maximum absolute atomic E-state index is 12.4. The Labute approximate surface area is 140 Å². The molecule has 0 aromatic carbocycles. The summed E-state index contributed by atoms with van der Waals surface area (Å²) in [5.74, 6) is 0. The standard InChI is InChI=1S/C15H15ClN4O4/c16-7-3-11-12(17-6-7)20(14(22)13(21)18-11)10-4-8-1-2-9(5-10)19(8)15(23)24/h3,6,8-10H,1-2,4-5H2,(H,18,21)(H,23,24). The molecule has 9 heteroatoms. The summed E-state index contributed by atoms with van der Waals surface area (Å²) in [5, 5.41) is 9.72. The van der Waals surface area contributed by atoms with E-state index in [1.165, 1.54) is 15.7 Å². The van der Waals surface area contributed by atoms with Gasteiger partial charge in [-0.25, -0.2) is 9.78 Å². The molecule has 4 heterocycles. The molecule has 2 saturated heterocycles. The molecule has 0 radical (unpaired) electrons. The van der Waals surface area contributed by atoms with E-state index in [0.717, 1.165) is 12.8 Å².